The van der Waals surface area contributed by atoms with Crippen LogP contribution in [0.3, 0.4) is 0 Å². The molecule has 1 aromatic heterocycles. The van der Waals surface area contributed by atoms with Crippen LogP contribution in [0.1, 0.15) is 208 Å². The highest BCUT2D eigenvalue weighted by atomic mass is 32.1. The van der Waals surface area contributed by atoms with Crippen molar-refractivity contribution in [1.82, 2.24) is 26.2 Å². The van der Waals surface area contributed by atoms with Crippen LogP contribution in [0.4, 0.5) is 13.2 Å². The molecule has 2 heterocycles. The molecule has 0 spiro atoms. The number of benzene rings is 2. The maximum Gasteiger partial charge on any atom is 0.329 e. The normalized spacial score (nSPS) is 16.9. The van der Waals surface area contributed by atoms with Gasteiger partial charge in [0.1, 0.15) is 29.1 Å². The molecule has 1 aliphatic carbocycles. The van der Waals surface area contributed by atoms with Crippen molar-refractivity contribution < 1.29 is 60.9 Å². The van der Waals surface area contributed by atoms with Gasteiger partial charge in [0.25, 0.3) is 11.8 Å². The third-order valence-electron chi connectivity index (χ3n) is 14.4. The number of nitrogens with two attached hydrogens (primary N) is 1. The predicted molar refractivity (Wildman–Crippen MR) is 314 cm³/mol. The number of nitrogens with zero attached hydrogens (tertiary/aromatic N) is 1. The van der Waals surface area contributed by atoms with Gasteiger partial charge < -0.3 is 46.1 Å². The Morgan fingerprint density at radius 2 is 1.31 bits per heavy atom. The standard InChI is InChI=1S/C62H88F3N7O10S/c1-41(50-35-43(38-83-50)55(66)67)70-57(78)49-36-61(63,39-72(49)53(75)37-69-56(77)42-28-29-47-45(34-42)44-24-22-23-25-46(44)62(47,64)65)40-80-33-32-68-51(73)31-30-48(58(79)82-60(5,6)7)71-52(74)26-20-18-16-14-12-10-8-9-11-13-15-17-19-21-27-54(76)81-59(2,3)4/h22-25,28-29,34-35,38,41,48-49H,8-21,26-27,30-33,36-37,39-40H2,1-7H3,(H3,66,67)(H,68,73)(H,69,77)(H,70,78)(H,71,74)/t41-,48?,49+,61-/m1/s1. The zero-order valence-electron chi connectivity index (χ0n) is 49.5. The van der Waals surface area contributed by atoms with Gasteiger partial charge in [-0.3, -0.25) is 34.2 Å². The summed E-state index contributed by atoms with van der Waals surface area (Å²) in [5.74, 6) is -7.18. The molecule has 2 aliphatic rings. The van der Waals surface area contributed by atoms with E-state index < -0.39 is 96.6 Å². The molecule has 21 heteroatoms. The van der Waals surface area contributed by atoms with Crippen molar-refractivity contribution in [3.63, 3.8) is 0 Å². The minimum Gasteiger partial charge on any atom is -0.460 e. The van der Waals surface area contributed by atoms with Gasteiger partial charge in [0, 0.05) is 64.7 Å². The number of alkyl halides is 3. The molecule has 458 valence electrons. The Morgan fingerprint density at radius 3 is 1.92 bits per heavy atom. The maximum absolute atomic E-state index is 16.8. The molecule has 1 saturated heterocycles. The van der Waals surface area contributed by atoms with E-state index in [-0.39, 0.29) is 77.9 Å². The van der Waals surface area contributed by atoms with E-state index in [4.69, 9.17) is 25.4 Å². The molecule has 83 heavy (non-hydrogen) atoms. The third kappa shape index (κ3) is 22.0. The molecule has 7 N–H and O–H groups in total. The number of unbranched alkanes of at least 4 members (excludes halogenated alkanes) is 13. The van der Waals surface area contributed by atoms with Crippen molar-refractivity contribution in [3.05, 3.63) is 81.0 Å². The zero-order chi connectivity index (χ0) is 61.0. The van der Waals surface area contributed by atoms with Crippen LogP contribution in [0.15, 0.2) is 53.9 Å². The molecule has 17 nitrogen and oxygen atoms in total. The van der Waals surface area contributed by atoms with E-state index in [1.165, 1.54) is 86.3 Å². The van der Waals surface area contributed by atoms with Crippen molar-refractivity contribution in [2.24, 2.45) is 5.73 Å². The Labute approximate surface area is 491 Å². The number of amides is 5. The van der Waals surface area contributed by atoms with E-state index in [1.54, 1.807) is 45.2 Å². The van der Waals surface area contributed by atoms with E-state index in [2.05, 4.69) is 21.3 Å². The van der Waals surface area contributed by atoms with E-state index in [9.17, 15) is 33.6 Å². The van der Waals surface area contributed by atoms with Gasteiger partial charge in [0.2, 0.25) is 23.6 Å². The Kier molecular flexibility index (Phi) is 25.6. The van der Waals surface area contributed by atoms with Crippen LogP contribution in [0.25, 0.3) is 11.1 Å². The molecule has 3 aromatic rings. The fraction of sp³-hybridized carbons (Fsp3) is 0.613. The Balaban J connectivity index is 1.02. The van der Waals surface area contributed by atoms with Crippen molar-refractivity contribution in [2.45, 2.75) is 211 Å². The second kappa shape index (κ2) is 31.5. The fourth-order valence-corrected chi connectivity index (χ4v) is 11.1. The molecule has 0 radical (unpaired) electrons. The minimum absolute atomic E-state index is 0.0133. The van der Waals surface area contributed by atoms with Crippen LogP contribution in [0.5, 0.6) is 0 Å². The summed E-state index contributed by atoms with van der Waals surface area (Å²) in [5.41, 5.74) is 2.62. The molecule has 2 aromatic carbocycles. The van der Waals surface area contributed by atoms with Gasteiger partial charge in [-0.15, -0.1) is 11.3 Å². The van der Waals surface area contributed by atoms with Crippen LogP contribution < -0.4 is 27.0 Å². The highest BCUT2D eigenvalue weighted by Gasteiger charge is 2.50. The number of thiophene rings is 1. The Morgan fingerprint density at radius 1 is 0.723 bits per heavy atom. The first-order valence-electron chi connectivity index (χ1n) is 29.4. The predicted octanol–water partition coefficient (Wildman–Crippen LogP) is 10.4. The molecule has 1 fully saturated rings. The molecule has 1 unspecified atom stereocenters. The van der Waals surface area contributed by atoms with E-state index in [0.717, 1.165) is 49.8 Å². The smallest absolute Gasteiger partial charge is 0.329 e. The zero-order valence-corrected chi connectivity index (χ0v) is 50.4. The quantitative estimate of drug-likeness (QED) is 0.0142. The second-order valence-electron chi connectivity index (χ2n) is 24.0. The average molecular weight is 1180 g/mol. The lowest BCUT2D eigenvalue weighted by Gasteiger charge is -2.25. The van der Waals surface area contributed by atoms with Gasteiger partial charge >= 0.3 is 11.9 Å². The van der Waals surface area contributed by atoms with Gasteiger partial charge in [-0.25, -0.2) is 9.18 Å². The van der Waals surface area contributed by atoms with Gasteiger partial charge in [-0.05, 0) is 97.1 Å². The van der Waals surface area contributed by atoms with Crippen LogP contribution in [0, 0.1) is 5.41 Å². The largest absolute Gasteiger partial charge is 0.460 e. The number of amidine groups is 1. The number of likely N-dealkylation sites (tertiary alicyclic amines) is 1. The van der Waals surface area contributed by atoms with Gasteiger partial charge in [0.05, 0.1) is 32.3 Å². The molecular formula is C62H88F3N7O10S. The summed E-state index contributed by atoms with van der Waals surface area (Å²) in [6, 6.07) is 8.35. The number of hydrogen-bond donors (Lipinski definition) is 6. The summed E-state index contributed by atoms with van der Waals surface area (Å²) in [4.78, 5) is 93.8. The molecule has 4 atom stereocenters. The number of nitrogens with one attached hydrogen (secondary N) is 5. The van der Waals surface area contributed by atoms with Crippen LogP contribution >= 0.6 is 11.3 Å². The number of carbonyl (C=O) groups excluding carboxylic acids is 7. The number of carbonyl (C=O) groups is 7. The maximum atomic E-state index is 16.8. The number of halogens is 3. The lowest BCUT2D eigenvalue weighted by molar-refractivity contribution is -0.159. The minimum atomic E-state index is -3.26. The first-order valence-corrected chi connectivity index (χ1v) is 30.2. The molecule has 5 rings (SSSR count). The van der Waals surface area contributed by atoms with Crippen molar-refractivity contribution in [1.29, 1.82) is 5.41 Å². The van der Waals surface area contributed by atoms with Crippen LogP contribution in [-0.2, 0) is 48.9 Å². The third-order valence-corrected chi connectivity index (χ3v) is 15.5. The number of fused-ring (bicyclic) bond motifs is 3. The first kappa shape index (κ1) is 67.4. The van der Waals surface area contributed by atoms with Crippen molar-refractivity contribution >= 4 is 58.6 Å². The molecule has 0 saturated carbocycles. The van der Waals surface area contributed by atoms with E-state index >= 15 is 13.2 Å². The average Bonchev–Trinajstić information content (AvgIpc) is 2.14. The summed E-state index contributed by atoms with van der Waals surface area (Å²) in [6.07, 6.45) is 15.1. The SMILES string of the molecule is C[C@@H](NC(=O)[C@@H]1C[C@](F)(COCCNC(=O)CCC(NC(=O)CCCCCCCCCCCCCCCCC(=O)OC(C)(C)C)C(=O)OC(C)(C)C)CN1C(=O)CNC(=O)c1ccc2c(c1)-c1ccccc1C2(F)F)c1cc(C(=N)N)cs1. The molecule has 5 amide bonds. The van der Waals surface area contributed by atoms with Crippen LogP contribution in [-0.4, -0.2) is 114 Å². The van der Waals surface area contributed by atoms with E-state index in [0.29, 0.717) is 23.3 Å². The lowest BCUT2D eigenvalue weighted by Crippen LogP contribution is -2.49. The Hall–Kier alpha value is -6.35. The van der Waals surface area contributed by atoms with Gasteiger partial charge in [0.15, 0.2) is 5.67 Å². The molecule has 1 aliphatic heterocycles. The second-order valence-corrected chi connectivity index (χ2v) is 24.9. The fourth-order valence-electron chi connectivity index (χ4n) is 10.2. The van der Waals surface area contributed by atoms with Crippen molar-refractivity contribution in [3.8, 4) is 11.1 Å². The number of ether oxygens (including phenoxy) is 3. The molecular weight excluding hydrogens is 1090 g/mol. The summed E-state index contributed by atoms with van der Waals surface area (Å²) in [6.45, 7) is 10.5. The highest BCUT2D eigenvalue weighted by Crippen LogP contribution is 2.51. The monoisotopic (exact) mass is 1180 g/mol. The molecule has 0 bridgehead atoms. The lowest BCUT2D eigenvalue weighted by atomic mass is 10.0. The van der Waals surface area contributed by atoms with Crippen molar-refractivity contribution in [2.75, 3.05) is 32.8 Å². The number of nitrogen functional groups attached to an aromatic ring is 1. The van der Waals surface area contributed by atoms with Crippen LogP contribution in [0.2, 0.25) is 0 Å². The van der Waals surface area contributed by atoms with Gasteiger partial charge in [-0.2, -0.15) is 8.78 Å². The Bertz CT molecular complexity index is 2710. The summed E-state index contributed by atoms with van der Waals surface area (Å²) in [7, 11) is 0. The topological polar surface area (TPSA) is 248 Å². The van der Waals surface area contributed by atoms with E-state index in [1.807, 2.05) is 20.8 Å². The number of rotatable bonds is 34. The number of esters is 2. The summed E-state index contributed by atoms with van der Waals surface area (Å²) >= 11 is 1.25. The summed E-state index contributed by atoms with van der Waals surface area (Å²) < 4.78 is 63.8. The summed E-state index contributed by atoms with van der Waals surface area (Å²) in [5, 5.41) is 20.2. The highest BCUT2D eigenvalue weighted by molar-refractivity contribution is 7.10. The first-order chi connectivity index (χ1) is 39.2. The van der Waals surface area contributed by atoms with Gasteiger partial charge in [-0.1, -0.05) is 107 Å². The number of hydrogen-bond acceptors (Lipinski definition) is 12.